The van der Waals surface area contributed by atoms with Crippen molar-refractivity contribution in [3.63, 3.8) is 0 Å². The van der Waals surface area contributed by atoms with E-state index in [9.17, 15) is 23.4 Å². The number of aliphatic carboxylic acids is 1. The minimum absolute atomic E-state index is 0.0103. The van der Waals surface area contributed by atoms with Crippen molar-refractivity contribution in [3.8, 4) is 5.75 Å². The summed E-state index contributed by atoms with van der Waals surface area (Å²) in [6.07, 6.45) is -0.0103. The molecule has 0 aliphatic rings. The Bertz CT molecular complexity index is 757. The van der Waals surface area contributed by atoms with Gasteiger partial charge in [0.2, 0.25) is 10.0 Å². The number of hydrogen-bond donors (Lipinski definition) is 3. The molecule has 0 saturated heterocycles. The van der Waals surface area contributed by atoms with Crippen LogP contribution in [0.4, 0.5) is 0 Å². The van der Waals surface area contributed by atoms with E-state index in [1.807, 2.05) is 0 Å². The summed E-state index contributed by atoms with van der Waals surface area (Å²) in [7, 11) is -3.79. The zero-order valence-electron chi connectivity index (χ0n) is 12.2. The van der Waals surface area contributed by atoms with Gasteiger partial charge in [-0.3, -0.25) is 4.79 Å². The fourth-order valence-electron chi connectivity index (χ4n) is 2.10. The Morgan fingerprint density at radius 1 is 1.00 bits per heavy atom. The number of rotatable bonds is 7. The van der Waals surface area contributed by atoms with Crippen molar-refractivity contribution in [2.45, 2.75) is 18.2 Å². The van der Waals surface area contributed by atoms with Crippen LogP contribution in [0.5, 0.6) is 5.75 Å². The highest BCUT2D eigenvalue weighted by Gasteiger charge is 2.24. The van der Waals surface area contributed by atoms with E-state index in [4.69, 9.17) is 0 Å². The molecule has 2 aromatic rings. The Hall–Kier alpha value is -2.38. The molecule has 0 aromatic heterocycles. The Labute approximate surface area is 134 Å². The molecule has 0 heterocycles. The van der Waals surface area contributed by atoms with Crippen LogP contribution in [-0.4, -0.2) is 30.6 Å². The van der Waals surface area contributed by atoms with Gasteiger partial charge < -0.3 is 10.2 Å². The van der Waals surface area contributed by atoms with Gasteiger partial charge in [0.05, 0.1) is 5.75 Å². The Morgan fingerprint density at radius 3 is 2.17 bits per heavy atom. The zero-order chi connectivity index (χ0) is 16.9. The second-order valence-electron chi connectivity index (χ2n) is 5.12. The predicted molar refractivity (Wildman–Crippen MR) is 85.4 cm³/mol. The van der Waals surface area contributed by atoms with Gasteiger partial charge in [-0.05, 0) is 29.7 Å². The van der Waals surface area contributed by atoms with Crippen LogP contribution in [0.1, 0.15) is 11.1 Å². The van der Waals surface area contributed by atoms with Gasteiger partial charge in [0.25, 0.3) is 0 Å². The highest BCUT2D eigenvalue weighted by atomic mass is 32.2. The number of hydrogen-bond acceptors (Lipinski definition) is 4. The van der Waals surface area contributed by atoms with Gasteiger partial charge in [-0.15, -0.1) is 0 Å². The fraction of sp³-hybridized carbons (Fsp3) is 0.188. The van der Waals surface area contributed by atoms with Crippen molar-refractivity contribution in [1.82, 2.24) is 4.72 Å². The first-order valence-electron chi connectivity index (χ1n) is 6.90. The SMILES string of the molecule is O=C(O)[C@H](Cc1ccc(O)cc1)NS(=O)(=O)Cc1ccccc1. The molecule has 6 nitrogen and oxygen atoms in total. The zero-order valence-corrected chi connectivity index (χ0v) is 13.0. The molecule has 1 atom stereocenters. The van der Waals surface area contributed by atoms with Crippen LogP contribution in [0.2, 0.25) is 0 Å². The molecule has 0 fully saturated rings. The summed E-state index contributed by atoms with van der Waals surface area (Å²) in [6, 6.07) is 13.2. The van der Waals surface area contributed by atoms with Gasteiger partial charge in [0, 0.05) is 0 Å². The monoisotopic (exact) mass is 335 g/mol. The van der Waals surface area contributed by atoms with E-state index in [1.54, 1.807) is 42.5 Å². The molecule has 0 unspecified atom stereocenters. The number of nitrogens with one attached hydrogen (secondary N) is 1. The summed E-state index contributed by atoms with van der Waals surface area (Å²) in [6.45, 7) is 0. The Kier molecular flexibility index (Phi) is 5.36. The van der Waals surface area contributed by atoms with E-state index in [1.165, 1.54) is 12.1 Å². The van der Waals surface area contributed by atoms with Gasteiger partial charge in [-0.25, -0.2) is 13.1 Å². The molecule has 122 valence electrons. The van der Waals surface area contributed by atoms with Crippen molar-refractivity contribution in [3.05, 3.63) is 65.7 Å². The minimum atomic E-state index is -3.79. The van der Waals surface area contributed by atoms with Crippen molar-refractivity contribution >= 4 is 16.0 Å². The largest absolute Gasteiger partial charge is 0.508 e. The first-order valence-corrected chi connectivity index (χ1v) is 8.55. The molecule has 0 saturated carbocycles. The number of phenols is 1. The van der Waals surface area contributed by atoms with Crippen molar-refractivity contribution in [1.29, 1.82) is 0 Å². The van der Waals surface area contributed by atoms with Gasteiger partial charge >= 0.3 is 5.97 Å². The van der Waals surface area contributed by atoms with Crippen LogP contribution in [0.15, 0.2) is 54.6 Å². The summed E-state index contributed by atoms with van der Waals surface area (Å²) in [5.41, 5.74) is 1.19. The molecular formula is C16H17NO5S. The molecular weight excluding hydrogens is 318 g/mol. The van der Waals surface area contributed by atoms with Crippen LogP contribution in [0, 0.1) is 0 Å². The number of phenolic OH excluding ortho intramolecular Hbond substituents is 1. The summed E-state index contributed by atoms with van der Waals surface area (Å²) < 4.78 is 26.5. The van der Waals surface area contributed by atoms with Crippen LogP contribution in [-0.2, 0) is 27.0 Å². The third kappa shape index (κ3) is 5.39. The van der Waals surface area contributed by atoms with E-state index in [0.717, 1.165) is 0 Å². The lowest BCUT2D eigenvalue weighted by Crippen LogP contribution is -2.42. The third-order valence-corrected chi connectivity index (χ3v) is 4.55. The van der Waals surface area contributed by atoms with E-state index in [2.05, 4.69) is 4.72 Å². The standard InChI is InChI=1S/C16H17NO5S/c18-14-8-6-12(7-9-14)10-15(16(19)20)17-23(21,22)11-13-4-2-1-3-5-13/h1-9,15,17-18H,10-11H2,(H,19,20)/t15-/m0/s1. The average Bonchev–Trinajstić information content (AvgIpc) is 2.49. The Balaban J connectivity index is 2.09. The lowest BCUT2D eigenvalue weighted by atomic mass is 10.1. The molecule has 23 heavy (non-hydrogen) atoms. The van der Waals surface area contributed by atoms with Crippen LogP contribution in [0.25, 0.3) is 0 Å². The highest BCUT2D eigenvalue weighted by molar-refractivity contribution is 7.88. The first kappa shape index (κ1) is 17.0. The summed E-state index contributed by atoms with van der Waals surface area (Å²) in [5, 5.41) is 18.5. The molecule has 0 radical (unpaired) electrons. The van der Waals surface area contributed by atoms with Crippen LogP contribution in [0.3, 0.4) is 0 Å². The number of sulfonamides is 1. The van der Waals surface area contributed by atoms with Crippen molar-refractivity contribution in [2.75, 3.05) is 0 Å². The normalized spacial score (nSPS) is 12.7. The minimum Gasteiger partial charge on any atom is -0.508 e. The van der Waals surface area contributed by atoms with Crippen LogP contribution >= 0.6 is 0 Å². The van der Waals surface area contributed by atoms with E-state index in [0.29, 0.717) is 11.1 Å². The van der Waals surface area contributed by atoms with Gasteiger partial charge in [-0.1, -0.05) is 42.5 Å². The lowest BCUT2D eigenvalue weighted by molar-refractivity contribution is -0.138. The first-order chi connectivity index (χ1) is 10.9. The molecule has 3 N–H and O–H groups in total. The molecule has 0 bridgehead atoms. The second kappa shape index (κ2) is 7.26. The maximum Gasteiger partial charge on any atom is 0.322 e. The number of aromatic hydroxyl groups is 1. The maximum absolute atomic E-state index is 12.1. The molecule has 0 aliphatic carbocycles. The average molecular weight is 335 g/mol. The molecule has 0 spiro atoms. The summed E-state index contributed by atoms with van der Waals surface area (Å²) >= 11 is 0. The van der Waals surface area contributed by atoms with Gasteiger partial charge in [0.1, 0.15) is 11.8 Å². The second-order valence-corrected chi connectivity index (χ2v) is 6.88. The number of carboxylic acid groups (broad SMARTS) is 1. The maximum atomic E-state index is 12.1. The molecule has 0 aliphatic heterocycles. The predicted octanol–water partition coefficient (Wildman–Crippen LogP) is 1.51. The topological polar surface area (TPSA) is 104 Å². The highest BCUT2D eigenvalue weighted by Crippen LogP contribution is 2.12. The smallest absolute Gasteiger partial charge is 0.322 e. The third-order valence-electron chi connectivity index (χ3n) is 3.20. The van der Waals surface area contributed by atoms with E-state index in [-0.39, 0.29) is 17.9 Å². The van der Waals surface area contributed by atoms with Crippen LogP contribution < -0.4 is 4.72 Å². The van der Waals surface area contributed by atoms with Crippen molar-refractivity contribution < 1.29 is 23.4 Å². The summed E-state index contributed by atoms with van der Waals surface area (Å²) in [5.74, 6) is -1.48. The molecule has 0 amide bonds. The van der Waals surface area contributed by atoms with Crippen molar-refractivity contribution in [2.24, 2.45) is 0 Å². The summed E-state index contributed by atoms with van der Waals surface area (Å²) in [4.78, 5) is 11.3. The van der Waals surface area contributed by atoms with Gasteiger partial charge in [0.15, 0.2) is 0 Å². The quantitative estimate of drug-likeness (QED) is 0.711. The number of carbonyl (C=O) groups is 1. The lowest BCUT2D eigenvalue weighted by Gasteiger charge is -2.15. The number of benzene rings is 2. The molecule has 2 aromatic carbocycles. The fourth-order valence-corrected chi connectivity index (χ4v) is 3.43. The Morgan fingerprint density at radius 2 is 1.61 bits per heavy atom. The number of carboxylic acids is 1. The van der Waals surface area contributed by atoms with E-state index >= 15 is 0 Å². The van der Waals surface area contributed by atoms with E-state index < -0.39 is 22.0 Å². The molecule has 2 rings (SSSR count). The molecule has 7 heteroatoms. The van der Waals surface area contributed by atoms with Gasteiger partial charge in [-0.2, -0.15) is 0 Å².